The van der Waals surface area contributed by atoms with Crippen LogP contribution in [0.15, 0.2) is 16.7 Å². The van der Waals surface area contributed by atoms with Gasteiger partial charge < -0.3 is 19.4 Å². The van der Waals surface area contributed by atoms with Crippen molar-refractivity contribution in [3.05, 3.63) is 33.7 Å². The van der Waals surface area contributed by atoms with E-state index in [0.29, 0.717) is 69.8 Å². The fourth-order valence-electron chi connectivity index (χ4n) is 6.09. The van der Waals surface area contributed by atoms with Crippen molar-refractivity contribution in [2.45, 2.75) is 64.3 Å². The summed E-state index contributed by atoms with van der Waals surface area (Å²) < 4.78 is 49.6. The van der Waals surface area contributed by atoms with Crippen LogP contribution in [0.3, 0.4) is 0 Å². The summed E-state index contributed by atoms with van der Waals surface area (Å²) in [6.45, 7) is 12.7. The number of ether oxygens (including phenoxy) is 1. The van der Waals surface area contributed by atoms with Crippen LogP contribution in [0.4, 0.5) is 29.5 Å². The van der Waals surface area contributed by atoms with Crippen LogP contribution >= 0.6 is 15.9 Å². The number of carbonyl (C=O) groups excluding carboxylic acids is 1. The number of aromatic nitrogens is 3. The molecule has 9 nitrogen and oxygen atoms in total. The summed E-state index contributed by atoms with van der Waals surface area (Å²) in [4.78, 5) is 24.5. The van der Waals surface area contributed by atoms with Gasteiger partial charge in [0.2, 0.25) is 0 Å². The summed E-state index contributed by atoms with van der Waals surface area (Å²) in [5, 5.41) is 4.36. The van der Waals surface area contributed by atoms with Gasteiger partial charge in [0.15, 0.2) is 5.69 Å². The van der Waals surface area contributed by atoms with Gasteiger partial charge in [-0.1, -0.05) is 0 Å². The maximum atomic E-state index is 14.1. The number of nitrogens with zero attached hydrogens (tertiary/aromatic N) is 7. The Labute approximate surface area is 247 Å². The maximum absolute atomic E-state index is 14.1. The second-order valence-corrected chi connectivity index (χ2v) is 13.1. The zero-order valence-electron chi connectivity index (χ0n) is 24.3. The first-order chi connectivity index (χ1) is 19.2. The Balaban J connectivity index is 1.24. The van der Waals surface area contributed by atoms with Crippen LogP contribution in [0.1, 0.15) is 56.5 Å². The van der Waals surface area contributed by atoms with Crippen LogP contribution in [-0.2, 0) is 18.0 Å². The molecule has 3 fully saturated rings. The molecular weight excluding hydrogens is 603 g/mol. The molecule has 0 saturated carbocycles. The number of alkyl halides is 3. The zero-order valence-corrected chi connectivity index (χ0v) is 25.9. The van der Waals surface area contributed by atoms with Gasteiger partial charge in [0.1, 0.15) is 11.4 Å². The van der Waals surface area contributed by atoms with Crippen molar-refractivity contribution in [1.82, 2.24) is 24.6 Å². The molecular formula is C28H39BrF3N7O2. The van der Waals surface area contributed by atoms with Gasteiger partial charge in [0.05, 0.1) is 16.4 Å². The lowest BCUT2D eigenvalue weighted by Gasteiger charge is -2.49. The van der Waals surface area contributed by atoms with Crippen molar-refractivity contribution in [3.8, 4) is 0 Å². The van der Waals surface area contributed by atoms with E-state index in [0.717, 1.165) is 18.4 Å². The molecule has 41 heavy (non-hydrogen) atoms. The number of hydrogen-bond donors (Lipinski definition) is 0. The van der Waals surface area contributed by atoms with Crippen LogP contribution < -0.4 is 9.80 Å². The number of amides is 1. The first kappa shape index (κ1) is 29.9. The van der Waals surface area contributed by atoms with E-state index in [-0.39, 0.29) is 16.6 Å². The first-order valence-electron chi connectivity index (χ1n) is 14.2. The standard InChI is InChI=1S/C28H39BrF3N7O2/c1-18-15-33-35(5)24(18)19-6-8-37(9-7-19)22-14-21(23(29)25(34-22)28(30,31)32)39-16-20(17-39)36-10-12-38(13-11-36)26(40)41-27(2,3)4/h14-15,19-20H,6-13,16-17H2,1-5H3. The third-order valence-corrected chi connectivity index (χ3v) is 9.04. The number of piperidine rings is 1. The quantitative estimate of drug-likeness (QED) is 0.464. The summed E-state index contributed by atoms with van der Waals surface area (Å²) >= 11 is 3.24. The molecule has 0 radical (unpaired) electrons. The molecule has 2 aromatic rings. The highest BCUT2D eigenvalue weighted by atomic mass is 79.9. The van der Waals surface area contributed by atoms with Crippen LogP contribution in [0.5, 0.6) is 0 Å². The molecule has 1 amide bonds. The molecule has 0 spiro atoms. The number of hydrogen-bond acceptors (Lipinski definition) is 7. The zero-order chi connectivity index (χ0) is 29.7. The molecule has 2 aromatic heterocycles. The largest absolute Gasteiger partial charge is 0.444 e. The van der Waals surface area contributed by atoms with Crippen molar-refractivity contribution in [3.63, 3.8) is 0 Å². The Kier molecular flexibility index (Phi) is 8.23. The molecule has 5 rings (SSSR count). The van der Waals surface area contributed by atoms with E-state index < -0.39 is 17.5 Å². The van der Waals surface area contributed by atoms with E-state index in [2.05, 4.69) is 30.9 Å². The maximum Gasteiger partial charge on any atom is 0.434 e. The number of rotatable bonds is 4. The molecule has 0 bridgehead atoms. The second-order valence-electron chi connectivity index (χ2n) is 12.3. The molecule has 3 saturated heterocycles. The van der Waals surface area contributed by atoms with Crippen molar-refractivity contribution in [2.75, 3.05) is 62.2 Å². The Morgan fingerprint density at radius 1 is 1.02 bits per heavy atom. The summed E-state index contributed by atoms with van der Waals surface area (Å²) in [5.74, 6) is 0.688. The third kappa shape index (κ3) is 6.45. The van der Waals surface area contributed by atoms with Crippen LogP contribution in [0.25, 0.3) is 0 Å². The van der Waals surface area contributed by atoms with E-state index in [1.54, 1.807) is 11.0 Å². The molecule has 3 aliphatic rings. The highest BCUT2D eigenvalue weighted by molar-refractivity contribution is 9.10. The minimum absolute atomic E-state index is 0.0117. The predicted octanol–water partition coefficient (Wildman–Crippen LogP) is 5.03. The fraction of sp³-hybridized carbons (Fsp3) is 0.679. The van der Waals surface area contributed by atoms with E-state index in [1.807, 2.05) is 55.4 Å². The highest BCUT2D eigenvalue weighted by Gasteiger charge is 2.41. The lowest BCUT2D eigenvalue weighted by Crippen LogP contribution is -2.63. The van der Waals surface area contributed by atoms with Gasteiger partial charge in [-0.15, -0.1) is 0 Å². The van der Waals surface area contributed by atoms with E-state index >= 15 is 0 Å². The summed E-state index contributed by atoms with van der Waals surface area (Å²) in [6.07, 6.45) is -1.36. The topological polar surface area (TPSA) is 70.0 Å². The molecule has 3 aliphatic heterocycles. The number of carbonyl (C=O) groups is 1. The minimum atomic E-state index is -4.57. The monoisotopic (exact) mass is 641 g/mol. The van der Waals surface area contributed by atoms with Gasteiger partial charge in [-0.3, -0.25) is 9.58 Å². The van der Waals surface area contributed by atoms with E-state index in [1.165, 1.54) is 5.69 Å². The Morgan fingerprint density at radius 3 is 2.20 bits per heavy atom. The Hall–Kier alpha value is -2.54. The smallest absolute Gasteiger partial charge is 0.434 e. The Bertz CT molecular complexity index is 1240. The molecule has 0 unspecified atom stereocenters. The van der Waals surface area contributed by atoms with Gasteiger partial charge in [-0.05, 0) is 62.0 Å². The SMILES string of the molecule is Cc1cnn(C)c1C1CCN(c2cc(N3CC(N4CCN(C(=O)OC(C)(C)C)CC4)C3)c(Br)c(C(F)(F)F)n2)CC1. The van der Waals surface area contributed by atoms with Gasteiger partial charge in [0.25, 0.3) is 0 Å². The second kappa shape index (κ2) is 11.3. The molecule has 226 valence electrons. The van der Waals surface area contributed by atoms with Crippen molar-refractivity contribution >= 4 is 33.5 Å². The number of pyridine rings is 1. The van der Waals surface area contributed by atoms with Crippen molar-refractivity contribution in [2.24, 2.45) is 7.05 Å². The lowest BCUT2D eigenvalue weighted by atomic mass is 9.91. The molecule has 0 aliphatic carbocycles. The van der Waals surface area contributed by atoms with Gasteiger partial charge in [-0.25, -0.2) is 9.78 Å². The van der Waals surface area contributed by atoms with Gasteiger partial charge >= 0.3 is 12.3 Å². The molecule has 13 heteroatoms. The predicted molar refractivity (Wildman–Crippen MR) is 154 cm³/mol. The number of piperazine rings is 1. The van der Waals surface area contributed by atoms with Crippen molar-refractivity contribution in [1.29, 1.82) is 0 Å². The van der Waals surface area contributed by atoms with Crippen LogP contribution in [-0.4, -0.2) is 94.7 Å². The number of anilines is 2. The van der Waals surface area contributed by atoms with Gasteiger partial charge in [-0.2, -0.15) is 18.3 Å². The van der Waals surface area contributed by atoms with E-state index in [4.69, 9.17) is 4.74 Å². The first-order valence-corrected chi connectivity index (χ1v) is 15.0. The minimum Gasteiger partial charge on any atom is -0.444 e. The molecule has 0 atom stereocenters. The third-order valence-electron chi connectivity index (χ3n) is 8.26. The average Bonchev–Trinajstić information content (AvgIpc) is 3.20. The molecule has 0 aromatic carbocycles. The Morgan fingerprint density at radius 2 is 1.66 bits per heavy atom. The van der Waals surface area contributed by atoms with Gasteiger partial charge in [0, 0.05) is 83.1 Å². The van der Waals surface area contributed by atoms with Crippen LogP contribution in [0.2, 0.25) is 0 Å². The van der Waals surface area contributed by atoms with E-state index in [9.17, 15) is 18.0 Å². The number of halogens is 4. The van der Waals surface area contributed by atoms with Crippen LogP contribution in [0, 0.1) is 6.92 Å². The molecule has 5 heterocycles. The summed E-state index contributed by atoms with van der Waals surface area (Å²) in [6, 6.07) is 2.01. The fourth-order valence-corrected chi connectivity index (χ4v) is 6.77. The summed E-state index contributed by atoms with van der Waals surface area (Å²) in [5.41, 5.74) is 1.44. The summed E-state index contributed by atoms with van der Waals surface area (Å²) in [7, 11) is 1.94. The molecule has 0 N–H and O–H groups in total. The highest BCUT2D eigenvalue weighted by Crippen LogP contribution is 2.43. The average molecular weight is 643 g/mol. The lowest BCUT2D eigenvalue weighted by molar-refractivity contribution is -0.141. The van der Waals surface area contributed by atoms with Crippen molar-refractivity contribution < 1.29 is 22.7 Å². The normalized spacial score (nSPS) is 20.0. The number of aryl methyl sites for hydroxylation is 2.